The van der Waals surface area contributed by atoms with Crippen molar-refractivity contribution in [2.24, 2.45) is 0 Å². The molecule has 6 nitrogen and oxygen atoms in total. The van der Waals surface area contributed by atoms with Gasteiger partial charge in [0, 0.05) is 17.3 Å². The molecule has 32 heavy (non-hydrogen) atoms. The normalized spacial score (nSPS) is 15.3. The van der Waals surface area contributed by atoms with E-state index in [0.29, 0.717) is 6.42 Å². The minimum Gasteiger partial charge on any atom is -0.321 e. The van der Waals surface area contributed by atoms with E-state index in [0.717, 1.165) is 23.4 Å². The number of hydrogen-bond donors (Lipinski definition) is 1. The van der Waals surface area contributed by atoms with E-state index in [9.17, 15) is 22.4 Å². The van der Waals surface area contributed by atoms with Crippen LogP contribution in [0.25, 0.3) is 0 Å². The predicted octanol–water partition coefficient (Wildman–Crippen LogP) is 3.83. The van der Waals surface area contributed by atoms with Crippen molar-refractivity contribution in [3.63, 3.8) is 0 Å². The Morgan fingerprint density at radius 1 is 1.00 bits per heavy atom. The first kappa shape index (κ1) is 21.7. The summed E-state index contributed by atoms with van der Waals surface area (Å²) in [6, 6.07) is 18.1. The summed E-state index contributed by atoms with van der Waals surface area (Å²) >= 11 is 0. The van der Waals surface area contributed by atoms with Gasteiger partial charge in [0.2, 0.25) is 5.91 Å². The number of benzene rings is 3. The molecular formula is C24H21FN2O4S. The lowest BCUT2D eigenvalue weighted by atomic mass is 10.1. The van der Waals surface area contributed by atoms with Crippen molar-refractivity contribution in [2.45, 2.75) is 24.3 Å². The van der Waals surface area contributed by atoms with E-state index >= 15 is 0 Å². The highest BCUT2D eigenvalue weighted by Crippen LogP contribution is 2.32. The third-order valence-corrected chi connectivity index (χ3v) is 7.02. The summed E-state index contributed by atoms with van der Waals surface area (Å²) in [5, 5.41) is 2.55. The molecule has 1 aliphatic heterocycles. The van der Waals surface area contributed by atoms with Crippen LogP contribution >= 0.6 is 0 Å². The van der Waals surface area contributed by atoms with Crippen molar-refractivity contribution in [3.05, 3.63) is 89.7 Å². The summed E-state index contributed by atoms with van der Waals surface area (Å²) in [7, 11) is -4.05. The molecule has 0 fully saturated rings. The van der Waals surface area contributed by atoms with E-state index in [-0.39, 0.29) is 22.2 Å². The number of anilines is 2. The highest BCUT2D eigenvalue weighted by atomic mass is 32.2. The van der Waals surface area contributed by atoms with Gasteiger partial charge >= 0.3 is 0 Å². The van der Waals surface area contributed by atoms with Crippen molar-refractivity contribution in [1.82, 2.24) is 0 Å². The largest absolute Gasteiger partial charge is 0.321 e. The third-order valence-electron chi connectivity index (χ3n) is 5.37. The molecule has 0 bridgehead atoms. The molecule has 1 aliphatic rings. The Morgan fingerprint density at radius 3 is 2.41 bits per heavy atom. The number of para-hydroxylation sites is 2. The van der Waals surface area contributed by atoms with Crippen molar-refractivity contribution < 1.29 is 22.4 Å². The predicted molar refractivity (Wildman–Crippen MR) is 120 cm³/mol. The topological polar surface area (TPSA) is 83.6 Å². The van der Waals surface area contributed by atoms with Crippen LogP contribution in [-0.2, 0) is 21.1 Å². The molecule has 0 saturated carbocycles. The van der Waals surface area contributed by atoms with Gasteiger partial charge in [-0.15, -0.1) is 0 Å². The average Bonchev–Trinajstić information content (AvgIpc) is 3.10. The van der Waals surface area contributed by atoms with E-state index in [4.69, 9.17) is 0 Å². The Morgan fingerprint density at radius 2 is 1.66 bits per heavy atom. The van der Waals surface area contributed by atoms with Gasteiger partial charge in [-0.05, 0) is 61.4 Å². The molecule has 0 aromatic heterocycles. The number of sulfone groups is 1. The minimum atomic E-state index is -4.05. The van der Waals surface area contributed by atoms with Gasteiger partial charge in [0.1, 0.15) is 11.6 Å². The molecule has 0 spiro atoms. The summed E-state index contributed by atoms with van der Waals surface area (Å²) in [6.45, 7) is 1.88. The monoisotopic (exact) mass is 452 g/mol. The molecule has 0 saturated heterocycles. The molecule has 1 atom stereocenters. The number of carbonyl (C=O) groups is 2. The minimum absolute atomic E-state index is 0.0597. The van der Waals surface area contributed by atoms with E-state index in [1.165, 1.54) is 35.2 Å². The van der Waals surface area contributed by atoms with Crippen LogP contribution in [0.5, 0.6) is 0 Å². The zero-order chi connectivity index (χ0) is 22.9. The van der Waals surface area contributed by atoms with Gasteiger partial charge < -0.3 is 10.2 Å². The Labute approximate surface area is 185 Å². The molecule has 0 radical (unpaired) electrons. The smallest absolute Gasteiger partial charge is 0.255 e. The number of nitrogens with one attached hydrogen (secondary N) is 1. The molecule has 164 valence electrons. The van der Waals surface area contributed by atoms with Gasteiger partial charge in [0.25, 0.3) is 5.91 Å². The van der Waals surface area contributed by atoms with Crippen molar-refractivity contribution in [2.75, 3.05) is 16.0 Å². The number of rotatable bonds is 5. The van der Waals surface area contributed by atoms with Crippen molar-refractivity contribution >= 4 is 33.0 Å². The van der Waals surface area contributed by atoms with Crippen LogP contribution in [0, 0.1) is 5.82 Å². The lowest BCUT2D eigenvalue weighted by molar-refractivity contribution is -0.116. The first-order valence-corrected chi connectivity index (χ1v) is 11.7. The Balaban J connectivity index is 1.58. The number of halogens is 1. The highest BCUT2D eigenvalue weighted by molar-refractivity contribution is 7.92. The van der Waals surface area contributed by atoms with Crippen molar-refractivity contribution in [3.8, 4) is 0 Å². The first-order chi connectivity index (χ1) is 15.3. The summed E-state index contributed by atoms with van der Waals surface area (Å²) in [4.78, 5) is 26.9. The third kappa shape index (κ3) is 4.27. The second-order valence-corrected chi connectivity index (χ2v) is 9.62. The second kappa shape index (κ2) is 8.55. The van der Waals surface area contributed by atoms with Crippen LogP contribution in [0.3, 0.4) is 0 Å². The number of hydrogen-bond acceptors (Lipinski definition) is 4. The summed E-state index contributed by atoms with van der Waals surface area (Å²) in [5.41, 5.74) is 1.96. The van der Waals surface area contributed by atoms with Crippen LogP contribution in [0.4, 0.5) is 15.8 Å². The first-order valence-electron chi connectivity index (χ1n) is 10.0. The molecule has 3 aromatic carbocycles. The average molecular weight is 453 g/mol. The van der Waals surface area contributed by atoms with Gasteiger partial charge in [-0.25, -0.2) is 12.8 Å². The van der Waals surface area contributed by atoms with E-state index in [2.05, 4.69) is 5.32 Å². The Bertz CT molecular complexity index is 1290. The molecule has 2 amide bonds. The van der Waals surface area contributed by atoms with Crippen molar-refractivity contribution in [1.29, 1.82) is 0 Å². The molecule has 0 aliphatic carbocycles. The van der Waals surface area contributed by atoms with Crippen LogP contribution in [-0.4, -0.2) is 32.0 Å². The van der Waals surface area contributed by atoms with Gasteiger partial charge in [-0.3, -0.25) is 9.59 Å². The number of amides is 2. The molecule has 0 unspecified atom stereocenters. The van der Waals surface area contributed by atoms with Crippen LogP contribution < -0.4 is 10.2 Å². The summed E-state index contributed by atoms with van der Waals surface area (Å²) in [6.07, 6.45) is 0.659. The molecular weight excluding hydrogens is 431 g/mol. The van der Waals surface area contributed by atoms with Gasteiger partial charge in [-0.2, -0.15) is 0 Å². The Kier molecular flexibility index (Phi) is 5.80. The van der Waals surface area contributed by atoms with E-state index in [1.807, 2.05) is 25.1 Å². The van der Waals surface area contributed by atoms with Crippen LogP contribution in [0.15, 0.2) is 77.7 Å². The standard InChI is InChI=1S/C24H21FN2O4S/c1-16-14-18-6-2-4-8-21(18)27(16)23(28)15-32(30,31)22-9-5-3-7-20(22)26-24(29)17-10-12-19(25)13-11-17/h2-13,16H,14-15H2,1H3,(H,26,29)/t16-/m0/s1. The number of carbonyl (C=O) groups excluding carboxylic acids is 2. The lowest BCUT2D eigenvalue weighted by Gasteiger charge is -2.23. The summed E-state index contributed by atoms with van der Waals surface area (Å²) in [5.74, 6) is -2.32. The lowest BCUT2D eigenvalue weighted by Crippen LogP contribution is -2.39. The maximum atomic E-state index is 13.2. The zero-order valence-electron chi connectivity index (χ0n) is 17.3. The summed E-state index contributed by atoms with van der Waals surface area (Å²) < 4.78 is 39.4. The fraction of sp³-hybridized carbons (Fsp3) is 0.167. The molecule has 4 rings (SSSR count). The zero-order valence-corrected chi connectivity index (χ0v) is 18.1. The van der Waals surface area contributed by atoms with Gasteiger partial charge in [-0.1, -0.05) is 30.3 Å². The van der Waals surface area contributed by atoms with Gasteiger partial charge in [0.15, 0.2) is 9.84 Å². The second-order valence-electron chi connectivity index (χ2n) is 7.66. The van der Waals surface area contributed by atoms with E-state index in [1.54, 1.807) is 12.1 Å². The molecule has 1 N–H and O–H groups in total. The fourth-order valence-electron chi connectivity index (χ4n) is 3.89. The van der Waals surface area contributed by atoms with E-state index < -0.39 is 33.2 Å². The molecule has 3 aromatic rings. The Hall–Kier alpha value is -3.52. The molecule has 1 heterocycles. The highest BCUT2D eigenvalue weighted by Gasteiger charge is 2.34. The quantitative estimate of drug-likeness (QED) is 0.638. The SMILES string of the molecule is C[C@H]1Cc2ccccc2N1C(=O)CS(=O)(=O)c1ccccc1NC(=O)c1ccc(F)cc1. The number of nitrogens with zero attached hydrogens (tertiary/aromatic N) is 1. The fourth-order valence-corrected chi connectivity index (χ4v) is 5.25. The van der Waals surface area contributed by atoms with Crippen LogP contribution in [0.2, 0.25) is 0 Å². The van der Waals surface area contributed by atoms with Gasteiger partial charge in [0.05, 0.1) is 10.6 Å². The number of fused-ring (bicyclic) bond motifs is 1. The van der Waals surface area contributed by atoms with Crippen LogP contribution in [0.1, 0.15) is 22.8 Å². The maximum Gasteiger partial charge on any atom is 0.255 e. The maximum absolute atomic E-state index is 13.2. The molecule has 8 heteroatoms.